The van der Waals surface area contributed by atoms with Crippen LogP contribution in [0.2, 0.25) is 0 Å². The summed E-state index contributed by atoms with van der Waals surface area (Å²) in [6, 6.07) is 0.543. The molecule has 52 valence electrons. The molecular formula is C7H14N2. The smallest absolute Gasteiger partial charge is 0.0120 e. The minimum absolute atomic E-state index is 0.543. The van der Waals surface area contributed by atoms with Gasteiger partial charge in [0.05, 0.1) is 0 Å². The molecule has 0 amide bonds. The zero-order valence-corrected chi connectivity index (χ0v) is 5.88. The number of hydrogen-bond donors (Lipinski definition) is 1. The maximum atomic E-state index is 5.86. The molecule has 0 aromatic heterocycles. The van der Waals surface area contributed by atoms with Gasteiger partial charge in [-0.3, -0.25) is 0 Å². The standard InChI is InChI=1S/C7H14N2/c1-9-3-5-2-6(4-9)7(5)8/h5-7H,2-4,8H2,1H3/t5-,6-/m1/s1. The fourth-order valence-electron chi connectivity index (χ4n) is 2.16. The minimum Gasteiger partial charge on any atom is -0.327 e. The quantitative estimate of drug-likeness (QED) is 0.491. The number of hydrogen-bond acceptors (Lipinski definition) is 2. The van der Waals surface area contributed by atoms with Crippen LogP contribution in [-0.4, -0.2) is 31.1 Å². The number of nitrogens with zero attached hydrogens (tertiary/aromatic N) is 1. The summed E-state index contributed by atoms with van der Waals surface area (Å²) in [6.07, 6.45) is 1.39. The van der Waals surface area contributed by atoms with E-state index in [0.29, 0.717) is 6.04 Å². The molecule has 0 spiro atoms. The Kier molecular flexibility index (Phi) is 1.08. The van der Waals surface area contributed by atoms with E-state index in [1.165, 1.54) is 19.5 Å². The monoisotopic (exact) mass is 126 g/mol. The average molecular weight is 126 g/mol. The Labute approximate surface area is 56.0 Å². The van der Waals surface area contributed by atoms with E-state index in [9.17, 15) is 0 Å². The largest absolute Gasteiger partial charge is 0.327 e. The Bertz CT molecular complexity index is 112. The molecule has 2 atom stereocenters. The van der Waals surface area contributed by atoms with E-state index < -0.39 is 0 Å². The van der Waals surface area contributed by atoms with Crippen LogP contribution in [0.25, 0.3) is 0 Å². The lowest BCUT2D eigenvalue weighted by atomic mass is 9.67. The van der Waals surface area contributed by atoms with Crippen LogP contribution in [0.1, 0.15) is 6.42 Å². The van der Waals surface area contributed by atoms with Gasteiger partial charge in [0.1, 0.15) is 0 Å². The first-order valence-electron chi connectivity index (χ1n) is 3.71. The Balaban J connectivity index is 2.01. The van der Waals surface area contributed by atoms with Crippen molar-refractivity contribution in [2.45, 2.75) is 12.5 Å². The minimum atomic E-state index is 0.543. The third-order valence-corrected chi connectivity index (χ3v) is 2.79. The molecule has 0 radical (unpaired) electrons. The van der Waals surface area contributed by atoms with Crippen molar-refractivity contribution in [3.63, 3.8) is 0 Å². The molecule has 2 heterocycles. The van der Waals surface area contributed by atoms with Crippen molar-refractivity contribution in [3.8, 4) is 0 Å². The lowest BCUT2D eigenvalue weighted by Gasteiger charge is -2.51. The van der Waals surface area contributed by atoms with E-state index in [1.807, 2.05) is 0 Å². The molecule has 2 aliphatic heterocycles. The first kappa shape index (κ1) is 5.69. The van der Waals surface area contributed by atoms with Gasteiger partial charge in [-0.1, -0.05) is 0 Å². The molecule has 3 fully saturated rings. The second-order valence-corrected chi connectivity index (χ2v) is 3.55. The van der Waals surface area contributed by atoms with Gasteiger partial charge >= 0.3 is 0 Å². The molecule has 2 N–H and O–H groups in total. The van der Waals surface area contributed by atoms with E-state index in [0.717, 1.165) is 11.8 Å². The summed E-state index contributed by atoms with van der Waals surface area (Å²) in [7, 11) is 2.19. The molecule has 3 rings (SSSR count). The van der Waals surface area contributed by atoms with Gasteiger partial charge in [0.25, 0.3) is 0 Å². The zero-order chi connectivity index (χ0) is 6.43. The SMILES string of the molecule is CN1C[C@H]2C[C@H](C1)C2N. The van der Waals surface area contributed by atoms with Gasteiger partial charge in [0.15, 0.2) is 0 Å². The normalized spacial score (nSPS) is 50.7. The second-order valence-electron chi connectivity index (χ2n) is 3.55. The highest BCUT2D eigenvalue weighted by Crippen LogP contribution is 2.37. The lowest BCUT2D eigenvalue weighted by molar-refractivity contribution is 0.0171. The van der Waals surface area contributed by atoms with Crippen LogP contribution in [0.4, 0.5) is 0 Å². The Hall–Kier alpha value is -0.0800. The summed E-state index contributed by atoms with van der Waals surface area (Å²) in [5.41, 5.74) is 5.86. The van der Waals surface area contributed by atoms with Crippen molar-refractivity contribution in [2.75, 3.05) is 20.1 Å². The maximum absolute atomic E-state index is 5.86. The van der Waals surface area contributed by atoms with Gasteiger partial charge in [-0.2, -0.15) is 0 Å². The molecule has 9 heavy (non-hydrogen) atoms. The topological polar surface area (TPSA) is 29.3 Å². The predicted octanol–water partition coefficient (Wildman–Crippen LogP) is -0.105. The number of nitrogens with two attached hydrogens (primary N) is 1. The van der Waals surface area contributed by atoms with Crippen LogP contribution < -0.4 is 5.73 Å². The zero-order valence-electron chi connectivity index (χ0n) is 5.88. The van der Waals surface area contributed by atoms with Gasteiger partial charge in [-0.15, -0.1) is 0 Å². The molecule has 0 aromatic carbocycles. The van der Waals surface area contributed by atoms with Crippen molar-refractivity contribution in [2.24, 2.45) is 17.6 Å². The van der Waals surface area contributed by atoms with Crippen LogP contribution in [-0.2, 0) is 0 Å². The summed E-state index contributed by atoms with van der Waals surface area (Å²) >= 11 is 0. The van der Waals surface area contributed by atoms with Gasteiger partial charge in [-0.05, 0) is 25.3 Å². The van der Waals surface area contributed by atoms with E-state index in [2.05, 4.69) is 11.9 Å². The number of rotatable bonds is 0. The molecule has 1 saturated carbocycles. The van der Waals surface area contributed by atoms with E-state index in [4.69, 9.17) is 5.73 Å². The number of piperidine rings is 2. The molecule has 0 unspecified atom stereocenters. The Morgan fingerprint density at radius 2 is 1.89 bits per heavy atom. The summed E-state index contributed by atoms with van der Waals surface area (Å²) in [4.78, 5) is 2.39. The number of fused-ring (bicyclic) bond motifs is 2. The molecule has 2 heteroatoms. The van der Waals surface area contributed by atoms with Gasteiger partial charge in [-0.25, -0.2) is 0 Å². The van der Waals surface area contributed by atoms with Crippen molar-refractivity contribution in [3.05, 3.63) is 0 Å². The van der Waals surface area contributed by atoms with Gasteiger partial charge < -0.3 is 10.6 Å². The molecule has 2 bridgehead atoms. The van der Waals surface area contributed by atoms with Crippen molar-refractivity contribution < 1.29 is 0 Å². The van der Waals surface area contributed by atoms with Gasteiger partial charge in [0, 0.05) is 19.1 Å². The first-order chi connectivity index (χ1) is 4.27. The maximum Gasteiger partial charge on any atom is 0.0120 e. The van der Waals surface area contributed by atoms with Crippen LogP contribution in [0, 0.1) is 11.8 Å². The van der Waals surface area contributed by atoms with Crippen LogP contribution in [0.3, 0.4) is 0 Å². The summed E-state index contributed by atoms with van der Waals surface area (Å²) in [5.74, 6) is 1.66. The van der Waals surface area contributed by atoms with Crippen molar-refractivity contribution in [1.29, 1.82) is 0 Å². The fraction of sp³-hybridized carbons (Fsp3) is 1.00. The van der Waals surface area contributed by atoms with Crippen LogP contribution in [0.5, 0.6) is 0 Å². The highest BCUT2D eigenvalue weighted by Gasteiger charge is 2.43. The van der Waals surface area contributed by atoms with Crippen molar-refractivity contribution in [1.82, 2.24) is 4.90 Å². The van der Waals surface area contributed by atoms with Crippen LogP contribution >= 0.6 is 0 Å². The van der Waals surface area contributed by atoms with Gasteiger partial charge in [0.2, 0.25) is 0 Å². The Morgan fingerprint density at radius 1 is 1.33 bits per heavy atom. The molecule has 0 aromatic rings. The molecule has 2 nitrogen and oxygen atoms in total. The highest BCUT2D eigenvalue weighted by atomic mass is 15.1. The first-order valence-corrected chi connectivity index (χ1v) is 3.71. The molecule has 3 aliphatic rings. The van der Waals surface area contributed by atoms with E-state index in [1.54, 1.807) is 0 Å². The third kappa shape index (κ3) is 0.700. The highest BCUT2D eigenvalue weighted by molar-refractivity contribution is 4.98. The van der Waals surface area contributed by atoms with E-state index >= 15 is 0 Å². The van der Waals surface area contributed by atoms with Crippen molar-refractivity contribution >= 4 is 0 Å². The third-order valence-electron chi connectivity index (χ3n) is 2.79. The summed E-state index contributed by atoms with van der Waals surface area (Å²) in [5, 5.41) is 0. The second kappa shape index (κ2) is 1.70. The molecular weight excluding hydrogens is 112 g/mol. The molecule has 2 saturated heterocycles. The predicted molar refractivity (Wildman–Crippen MR) is 37.1 cm³/mol. The Morgan fingerprint density at radius 3 is 2.22 bits per heavy atom. The lowest BCUT2D eigenvalue weighted by Crippen LogP contribution is -2.60. The van der Waals surface area contributed by atoms with Crippen LogP contribution in [0.15, 0.2) is 0 Å². The van der Waals surface area contributed by atoms with E-state index in [-0.39, 0.29) is 0 Å². The molecule has 1 aliphatic carbocycles. The fourth-order valence-corrected chi connectivity index (χ4v) is 2.16. The average Bonchev–Trinajstić information content (AvgIpc) is 1.87. The summed E-state index contributed by atoms with van der Waals surface area (Å²) < 4.78 is 0. The summed E-state index contributed by atoms with van der Waals surface area (Å²) in [6.45, 7) is 2.47.